The minimum absolute atomic E-state index is 0.0900. The van der Waals surface area contributed by atoms with Crippen molar-refractivity contribution in [1.82, 2.24) is 4.90 Å². The molecule has 0 unspecified atom stereocenters. The van der Waals surface area contributed by atoms with E-state index in [1.165, 1.54) is 6.07 Å². The van der Waals surface area contributed by atoms with Crippen LogP contribution in [0.15, 0.2) is 36.4 Å². The number of hydrogen-bond acceptors (Lipinski definition) is 3. The molecule has 7 heteroatoms. The summed E-state index contributed by atoms with van der Waals surface area (Å²) in [7, 11) is 0. The fourth-order valence-electron chi connectivity index (χ4n) is 3.82. The van der Waals surface area contributed by atoms with Crippen molar-refractivity contribution in [3.05, 3.63) is 64.2 Å². The van der Waals surface area contributed by atoms with E-state index in [-0.39, 0.29) is 24.1 Å². The lowest BCUT2D eigenvalue weighted by atomic mass is 9.88. The van der Waals surface area contributed by atoms with Crippen LogP contribution >= 0.6 is 11.6 Å². The van der Waals surface area contributed by atoms with Crippen molar-refractivity contribution in [2.45, 2.75) is 46.2 Å². The Morgan fingerprint density at radius 2 is 2.06 bits per heavy atom. The molecule has 2 aromatic carbocycles. The molecule has 0 bridgehead atoms. The van der Waals surface area contributed by atoms with Crippen LogP contribution in [0.25, 0.3) is 0 Å². The molecule has 0 spiro atoms. The zero-order valence-corrected chi connectivity index (χ0v) is 18.7. The second-order valence-electron chi connectivity index (χ2n) is 8.55. The van der Waals surface area contributed by atoms with Crippen LogP contribution in [0.5, 0.6) is 0 Å². The van der Waals surface area contributed by atoms with Crippen molar-refractivity contribution in [3.63, 3.8) is 0 Å². The number of carbonyl (C=O) groups is 1. The highest BCUT2D eigenvalue weighted by molar-refractivity contribution is 6.32. The van der Waals surface area contributed by atoms with Crippen molar-refractivity contribution >= 4 is 23.2 Å². The molecule has 4 nitrogen and oxygen atoms in total. The fraction of sp³-hybridized carbons (Fsp3) is 0.417. The van der Waals surface area contributed by atoms with Crippen LogP contribution in [0.3, 0.4) is 0 Å². The molecule has 164 valence electrons. The molecule has 0 aliphatic carbocycles. The summed E-state index contributed by atoms with van der Waals surface area (Å²) in [6.45, 7) is 7.06. The standard InChI is InChI=1S/C24H26ClF2N3O/c1-4-24(2,3)23(31)29-11-10-19(15-29)30(14-17-6-5-7-21(26)22(17)27)18-9-8-16(13-28)20(25)12-18/h5-9,12,19H,4,10-11,14-15H2,1-3H3/t19-/m0/s1. The van der Waals surface area contributed by atoms with Crippen molar-refractivity contribution < 1.29 is 13.6 Å². The number of hydrogen-bond donors (Lipinski definition) is 0. The molecule has 3 rings (SSSR count). The van der Waals surface area contributed by atoms with Gasteiger partial charge in [-0.05, 0) is 37.1 Å². The summed E-state index contributed by atoms with van der Waals surface area (Å²) >= 11 is 6.25. The van der Waals surface area contributed by atoms with Crippen molar-refractivity contribution in [2.75, 3.05) is 18.0 Å². The molecule has 0 radical (unpaired) electrons. The predicted octanol–water partition coefficient (Wildman–Crippen LogP) is 5.53. The lowest BCUT2D eigenvalue weighted by molar-refractivity contribution is -0.139. The third kappa shape index (κ3) is 4.83. The highest BCUT2D eigenvalue weighted by Gasteiger charge is 2.37. The quantitative estimate of drug-likeness (QED) is 0.587. The van der Waals surface area contributed by atoms with E-state index in [0.29, 0.717) is 35.8 Å². The minimum atomic E-state index is -0.900. The number of nitrogens with zero attached hydrogens (tertiary/aromatic N) is 3. The van der Waals surface area contributed by atoms with Gasteiger partial charge in [0.25, 0.3) is 0 Å². The highest BCUT2D eigenvalue weighted by Crippen LogP contribution is 2.32. The van der Waals surface area contributed by atoms with Gasteiger partial charge in [0.05, 0.1) is 10.6 Å². The predicted molar refractivity (Wildman–Crippen MR) is 118 cm³/mol. The van der Waals surface area contributed by atoms with E-state index >= 15 is 0 Å². The molecule has 0 N–H and O–H groups in total. The smallest absolute Gasteiger partial charge is 0.228 e. The van der Waals surface area contributed by atoms with Gasteiger partial charge in [-0.15, -0.1) is 0 Å². The molecule has 1 heterocycles. The van der Waals surface area contributed by atoms with Gasteiger partial charge in [0.15, 0.2) is 11.6 Å². The monoisotopic (exact) mass is 445 g/mol. The summed E-state index contributed by atoms with van der Waals surface area (Å²) in [5, 5.41) is 9.47. The average molecular weight is 446 g/mol. The number of benzene rings is 2. The first kappa shape index (κ1) is 23.0. The van der Waals surface area contributed by atoms with Crippen LogP contribution in [0.1, 0.15) is 44.7 Å². The van der Waals surface area contributed by atoms with Crippen LogP contribution in [0.2, 0.25) is 5.02 Å². The molecule has 1 fully saturated rings. The van der Waals surface area contributed by atoms with Gasteiger partial charge in [-0.1, -0.05) is 44.5 Å². The molecule has 0 aromatic heterocycles. The fourth-order valence-corrected chi connectivity index (χ4v) is 4.04. The summed E-state index contributed by atoms with van der Waals surface area (Å²) < 4.78 is 28.2. The van der Waals surface area contributed by atoms with Crippen molar-refractivity contribution in [2.24, 2.45) is 5.41 Å². The molecular weight excluding hydrogens is 420 g/mol. The number of nitriles is 1. The van der Waals surface area contributed by atoms with E-state index in [1.807, 2.05) is 36.6 Å². The van der Waals surface area contributed by atoms with Gasteiger partial charge >= 0.3 is 0 Å². The maximum Gasteiger partial charge on any atom is 0.228 e. The van der Waals surface area contributed by atoms with Crippen LogP contribution in [-0.2, 0) is 11.3 Å². The Morgan fingerprint density at radius 3 is 2.71 bits per heavy atom. The molecule has 1 saturated heterocycles. The Kier molecular flexibility index (Phi) is 6.86. The van der Waals surface area contributed by atoms with E-state index in [1.54, 1.807) is 24.3 Å². The van der Waals surface area contributed by atoms with E-state index in [9.17, 15) is 18.8 Å². The number of carbonyl (C=O) groups excluding carboxylic acids is 1. The maximum atomic E-state index is 14.4. The molecule has 2 aromatic rings. The molecular formula is C24H26ClF2N3O. The summed E-state index contributed by atoms with van der Waals surface area (Å²) in [4.78, 5) is 16.7. The van der Waals surface area contributed by atoms with Crippen molar-refractivity contribution in [3.8, 4) is 6.07 Å². The molecule has 1 aliphatic rings. The molecule has 0 saturated carbocycles. The first-order valence-corrected chi connectivity index (χ1v) is 10.7. The van der Waals surface area contributed by atoms with E-state index < -0.39 is 17.0 Å². The second kappa shape index (κ2) is 9.23. The highest BCUT2D eigenvalue weighted by atomic mass is 35.5. The van der Waals surface area contributed by atoms with Gasteiger partial charge in [-0.25, -0.2) is 8.78 Å². The Balaban J connectivity index is 1.93. The Labute approximate surface area is 187 Å². The normalized spacial score (nSPS) is 16.3. The summed E-state index contributed by atoms with van der Waals surface area (Å²) in [6, 6.07) is 11.1. The number of amides is 1. The summed E-state index contributed by atoms with van der Waals surface area (Å²) in [5.74, 6) is -1.69. The van der Waals surface area contributed by atoms with Crippen LogP contribution in [-0.4, -0.2) is 29.9 Å². The molecule has 1 aliphatic heterocycles. The third-order valence-electron chi connectivity index (χ3n) is 6.13. The van der Waals surface area contributed by atoms with Crippen LogP contribution in [0.4, 0.5) is 14.5 Å². The summed E-state index contributed by atoms with van der Waals surface area (Å²) in [6.07, 6.45) is 1.43. The van der Waals surface area contributed by atoms with Gasteiger partial charge in [0.1, 0.15) is 6.07 Å². The Bertz CT molecular complexity index is 1020. The number of rotatable bonds is 6. The lowest BCUT2D eigenvalue weighted by Crippen LogP contribution is -2.42. The van der Waals surface area contributed by atoms with E-state index in [4.69, 9.17) is 11.6 Å². The minimum Gasteiger partial charge on any atom is -0.362 e. The first-order chi connectivity index (χ1) is 14.7. The van der Waals surface area contributed by atoms with Crippen LogP contribution in [0, 0.1) is 28.4 Å². The SMILES string of the molecule is CCC(C)(C)C(=O)N1CC[C@H](N(Cc2cccc(F)c2F)c2ccc(C#N)c(Cl)c2)C1. The molecule has 31 heavy (non-hydrogen) atoms. The lowest BCUT2D eigenvalue weighted by Gasteiger charge is -2.33. The zero-order valence-electron chi connectivity index (χ0n) is 18.0. The summed E-state index contributed by atoms with van der Waals surface area (Å²) in [5.41, 5.74) is 0.808. The van der Waals surface area contributed by atoms with Crippen molar-refractivity contribution in [1.29, 1.82) is 5.26 Å². The number of likely N-dealkylation sites (tertiary alicyclic amines) is 1. The van der Waals surface area contributed by atoms with Gasteiger partial charge < -0.3 is 9.80 Å². The van der Waals surface area contributed by atoms with E-state index in [0.717, 1.165) is 12.5 Å². The first-order valence-electron chi connectivity index (χ1n) is 10.4. The van der Waals surface area contributed by atoms with Gasteiger partial charge in [0.2, 0.25) is 5.91 Å². The Morgan fingerprint density at radius 1 is 1.32 bits per heavy atom. The second-order valence-corrected chi connectivity index (χ2v) is 8.96. The largest absolute Gasteiger partial charge is 0.362 e. The third-order valence-corrected chi connectivity index (χ3v) is 6.44. The molecule has 1 atom stereocenters. The van der Waals surface area contributed by atoms with E-state index in [2.05, 4.69) is 0 Å². The number of anilines is 1. The molecule has 1 amide bonds. The number of halogens is 3. The maximum absolute atomic E-state index is 14.4. The van der Waals surface area contributed by atoms with Crippen LogP contribution < -0.4 is 4.90 Å². The topological polar surface area (TPSA) is 47.3 Å². The average Bonchev–Trinajstić information content (AvgIpc) is 3.23. The Hall–Kier alpha value is -2.65. The van der Waals surface area contributed by atoms with Gasteiger partial charge in [-0.2, -0.15) is 5.26 Å². The zero-order chi connectivity index (χ0) is 22.8. The van der Waals surface area contributed by atoms with Gasteiger partial charge in [0, 0.05) is 42.3 Å². The van der Waals surface area contributed by atoms with Gasteiger partial charge in [-0.3, -0.25) is 4.79 Å².